The fraction of sp³-hybridized carbons (Fsp3) is 0.889. The van der Waals surface area contributed by atoms with Gasteiger partial charge in [0.25, 0.3) is 0 Å². The smallest absolute Gasteiger partial charge is 0.223 e. The fourth-order valence-corrected chi connectivity index (χ4v) is 1.69. The Kier molecular flexibility index (Phi) is 4.06. The van der Waals surface area contributed by atoms with Crippen LogP contribution in [0, 0.1) is 0 Å². The summed E-state index contributed by atoms with van der Waals surface area (Å²) in [4.78, 5) is 15.5. The molecule has 4 heteroatoms. The van der Waals surface area contributed by atoms with Crippen LogP contribution in [-0.2, 0) is 4.79 Å². The van der Waals surface area contributed by atoms with Crippen molar-refractivity contribution in [3.63, 3.8) is 0 Å². The van der Waals surface area contributed by atoms with Crippen molar-refractivity contribution in [1.82, 2.24) is 9.80 Å². The van der Waals surface area contributed by atoms with Gasteiger partial charge in [0.1, 0.15) is 0 Å². The van der Waals surface area contributed by atoms with E-state index in [1.165, 1.54) is 0 Å². The minimum atomic E-state index is 0.258. The maximum atomic E-state index is 11.5. The number of amides is 1. The van der Waals surface area contributed by atoms with Crippen LogP contribution in [0.4, 0.5) is 0 Å². The second-order valence-corrected chi connectivity index (χ2v) is 4.56. The monoisotopic (exact) mass is 202 g/mol. The second kappa shape index (κ2) is 4.86. The highest BCUT2D eigenvalue weighted by Gasteiger charge is 2.22. The highest BCUT2D eigenvalue weighted by molar-refractivity contribution is 7.81. The number of likely N-dealkylation sites (tertiary alicyclic amines) is 1. The van der Waals surface area contributed by atoms with Gasteiger partial charge < -0.3 is 9.80 Å². The average molecular weight is 202 g/mol. The van der Waals surface area contributed by atoms with E-state index < -0.39 is 0 Å². The molecule has 0 saturated carbocycles. The summed E-state index contributed by atoms with van der Waals surface area (Å²) in [7, 11) is 4.05. The molecule has 0 aliphatic carbocycles. The number of thiol groups is 1. The Morgan fingerprint density at radius 3 is 2.85 bits per heavy atom. The Morgan fingerprint density at radius 2 is 2.31 bits per heavy atom. The molecule has 0 bridgehead atoms. The van der Waals surface area contributed by atoms with Crippen LogP contribution < -0.4 is 0 Å². The Hall–Kier alpha value is -0.220. The Bertz CT molecular complexity index is 184. The summed E-state index contributed by atoms with van der Waals surface area (Å²) in [5, 5.41) is 0.281. The molecular weight excluding hydrogens is 184 g/mol. The topological polar surface area (TPSA) is 23.6 Å². The lowest BCUT2D eigenvalue weighted by Gasteiger charge is -2.30. The van der Waals surface area contributed by atoms with Crippen molar-refractivity contribution in [2.75, 3.05) is 33.7 Å². The van der Waals surface area contributed by atoms with E-state index in [0.717, 1.165) is 26.1 Å². The van der Waals surface area contributed by atoms with E-state index in [9.17, 15) is 4.79 Å². The highest BCUT2D eigenvalue weighted by atomic mass is 32.1. The van der Waals surface area contributed by atoms with E-state index in [1.807, 2.05) is 19.0 Å². The van der Waals surface area contributed by atoms with E-state index >= 15 is 0 Å². The SMILES string of the molecule is CN(C)CCN1CC[C@@H](S)CC1=O. The number of carbonyl (C=O) groups excluding carboxylic acids is 1. The second-order valence-electron chi connectivity index (χ2n) is 3.83. The van der Waals surface area contributed by atoms with Gasteiger partial charge in [0.15, 0.2) is 0 Å². The first-order valence-corrected chi connectivity index (χ1v) is 5.22. The lowest BCUT2D eigenvalue weighted by atomic mass is 10.1. The number of nitrogens with zero attached hydrogens (tertiary/aromatic N) is 2. The third kappa shape index (κ3) is 3.56. The number of hydrogen-bond donors (Lipinski definition) is 1. The molecule has 1 aliphatic rings. The van der Waals surface area contributed by atoms with E-state index in [4.69, 9.17) is 0 Å². The zero-order chi connectivity index (χ0) is 9.84. The number of likely N-dealkylation sites (N-methyl/N-ethyl adjacent to an activating group) is 1. The maximum absolute atomic E-state index is 11.5. The minimum absolute atomic E-state index is 0.258. The van der Waals surface area contributed by atoms with Gasteiger partial charge in [-0.15, -0.1) is 0 Å². The number of hydrogen-bond acceptors (Lipinski definition) is 3. The molecule has 0 unspecified atom stereocenters. The van der Waals surface area contributed by atoms with E-state index in [1.54, 1.807) is 0 Å². The Labute approximate surface area is 85.5 Å². The number of carbonyl (C=O) groups is 1. The van der Waals surface area contributed by atoms with Gasteiger partial charge in [-0.1, -0.05) is 0 Å². The lowest BCUT2D eigenvalue weighted by Crippen LogP contribution is -2.42. The molecule has 1 fully saturated rings. The van der Waals surface area contributed by atoms with Crippen LogP contribution >= 0.6 is 12.6 Å². The molecule has 76 valence electrons. The molecule has 3 nitrogen and oxygen atoms in total. The standard InChI is InChI=1S/C9H18N2OS/c1-10(2)5-6-11-4-3-8(13)7-9(11)12/h8,13H,3-7H2,1-2H3/t8-/m1/s1. The summed E-state index contributed by atoms with van der Waals surface area (Å²) >= 11 is 4.31. The van der Waals surface area contributed by atoms with Gasteiger partial charge in [-0.3, -0.25) is 4.79 Å². The molecule has 1 saturated heterocycles. The molecule has 0 aromatic carbocycles. The van der Waals surface area contributed by atoms with Crippen molar-refractivity contribution in [3.8, 4) is 0 Å². The number of rotatable bonds is 3. The predicted molar refractivity (Wildman–Crippen MR) is 57.1 cm³/mol. The van der Waals surface area contributed by atoms with Crippen LogP contribution in [0.2, 0.25) is 0 Å². The molecule has 1 rings (SSSR count). The van der Waals surface area contributed by atoms with Gasteiger partial charge in [-0.05, 0) is 20.5 Å². The summed E-state index contributed by atoms with van der Waals surface area (Å²) in [6.45, 7) is 2.68. The Balaban J connectivity index is 2.30. The van der Waals surface area contributed by atoms with Crippen molar-refractivity contribution in [2.45, 2.75) is 18.1 Å². The first kappa shape index (κ1) is 10.9. The summed E-state index contributed by atoms with van der Waals surface area (Å²) in [5.41, 5.74) is 0. The van der Waals surface area contributed by atoms with Gasteiger partial charge >= 0.3 is 0 Å². The predicted octanol–water partition coefficient (Wildman–Crippen LogP) is 0.469. The molecule has 13 heavy (non-hydrogen) atoms. The van der Waals surface area contributed by atoms with Crippen LogP contribution in [0.1, 0.15) is 12.8 Å². The molecular formula is C9H18N2OS. The van der Waals surface area contributed by atoms with Gasteiger partial charge in [0, 0.05) is 31.3 Å². The van der Waals surface area contributed by atoms with Crippen LogP contribution in [0.3, 0.4) is 0 Å². The normalized spacial score (nSPS) is 24.2. The molecule has 1 atom stereocenters. The summed E-state index contributed by atoms with van der Waals surface area (Å²) in [6.07, 6.45) is 1.64. The van der Waals surface area contributed by atoms with Crippen LogP contribution in [0.5, 0.6) is 0 Å². The largest absolute Gasteiger partial charge is 0.341 e. The third-order valence-electron chi connectivity index (χ3n) is 2.31. The molecule has 1 heterocycles. The van der Waals surface area contributed by atoms with Gasteiger partial charge in [-0.25, -0.2) is 0 Å². The first-order valence-electron chi connectivity index (χ1n) is 4.70. The number of piperidine rings is 1. The van der Waals surface area contributed by atoms with Crippen molar-refractivity contribution in [3.05, 3.63) is 0 Å². The quantitative estimate of drug-likeness (QED) is 0.673. The molecule has 0 spiro atoms. The fourth-order valence-electron chi connectivity index (χ4n) is 1.42. The molecule has 0 N–H and O–H groups in total. The maximum Gasteiger partial charge on any atom is 0.223 e. The average Bonchev–Trinajstić information content (AvgIpc) is 2.02. The van der Waals surface area contributed by atoms with E-state index in [0.29, 0.717) is 6.42 Å². The molecule has 0 aromatic rings. The zero-order valence-corrected chi connectivity index (χ0v) is 9.26. The van der Waals surface area contributed by atoms with Crippen molar-refractivity contribution >= 4 is 18.5 Å². The van der Waals surface area contributed by atoms with E-state index in [-0.39, 0.29) is 11.2 Å². The van der Waals surface area contributed by atoms with Gasteiger partial charge in [-0.2, -0.15) is 12.6 Å². The van der Waals surface area contributed by atoms with Crippen molar-refractivity contribution in [1.29, 1.82) is 0 Å². The molecule has 0 aromatic heterocycles. The van der Waals surface area contributed by atoms with Gasteiger partial charge in [0.2, 0.25) is 5.91 Å². The zero-order valence-electron chi connectivity index (χ0n) is 8.36. The minimum Gasteiger partial charge on any atom is -0.341 e. The lowest BCUT2D eigenvalue weighted by molar-refractivity contribution is -0.133. The van der Waals surface area contributed by atoms with Crippen LogP contribution in [-0.4, -0.2) is 54.7 Å². The highest BCUT2D eigenvalue weighted by Crippen LogP contribution is 2.15. The Morgan fingerprint density at radius 1 is 1.62 bits per heavy atom. The summed E-state index contributed by atoms with van der Waals surface area (Å²) in [6, 6.07) is 0. The van der Waals surface area contributed by atoms with Crippen molar-refractivity contribution in [2.24, 2.45) is 0 Å². The molecule has 1 aliphatic heterocycles. The van der Waals surface area contributed by atoms with Gasteiger partial charge in [0.05, 0.1) is 0 Å². The van der Waals surface area contributed by atoms with Crippen molar-refractivity contribution < 1.29 is 4.79 Å². The summed E-state index contributed by atoms with van der Waals surface area (Å²) < 4.78 is 0. The van der Waals surface area contributed by atoms with E-state index in [2.05, 4.69) is 17.5 Å². The van der Waals surface area contributed by atoms with Crippen LogP contribution in [0.15, 0.2) is 0 Å². The third-order valence-corrected chi connectivity index (χ3v) is 2.75. The summed E-state index contributed by atoms with van der Waals surface area (Å²) in [5.74, 6) is 0.258. The first-order chi connectivity index (χ1) is 6.09. The molecule has 1 amide bonds. The van der Waals surface area contributed by atoms with Crippen LogP contribution in [0.25, 0.3) is 0 Å². The molecule has 0 radical (unpaired) electrons.